The monoisotopic (exact) mass is 519 g/mol. The van der Waals surface area contributed by atoms with Crippen LogP contribution in [0.15, 0.2) is 51.4 Å². The Bertz CT molecular complexity index is 1020. The Morgan fingerprint density at radius 2 is 2.00 bits per heavy atom. The first-order valence-electron chi connectivity index (χ1n) is 9.58. The van der Waals surface area contributed by atoms with Gasteiger partial charge >= 0.3 is 0 Å². The molecule has 1 aliphatic rings. The van der Waals surface area contributed by atoms with Crippen LogP contribution in [0.4, 0.5) is 0 Å². The highest BCUT2D eigenvalue weighted by molar-refractivity contribution is 9.13. The third-order valence-electron chi connectivity index (χ3n) is 5.22. The fourth-order valence-corrected chi connectivity index (χ4v) is 4.43. The maximum absolute atomic E-state index is 12.9. The zero-order valence-electron chi connectivity index (χ0n) is 16.2. The summed E-state index contributed by atoms with van der Waals surface area (Å²) in [5.74, 6) is -0.130. The fourth-order valence-electron chi connectivity index (χ4n) is 3.76. The number of nitrogens with zero attached hydrogens (tertiary/aromatic N) is 3. The van der Waals surface area contributed by atoms with E-state index in [4.69, 9.17) is 0 Å². The smallest absolute Gasteiger partial charge is 0.272 e. The average Bonchev–Trinajstić information content (AvgIpc) is 3.05. The Balaban J connectivity index is 1.47. The summed E-state index contributed by atoms with van der Waals surface area (Å²) in [5.41, 5.74) is 2.57. The minimum atomic E-state index is -0.130. The van der Waals surface area contributed by atoms with Gasteiger partial charge < -0.3 is 10.2 Å². The van der Waals surface area contributed by atoms with Gasteiger partial charge in [-0.1, -0.05) is 24.3 Å². The Labute approximate surface area is 186 Å². The molecule has 8 heteroatoms. The molecular weight excluding hydrogens is 498 g/mol. The van der Waals surface area contributed by atoms with Crippen molar-refractivity contribution < 1.29 is 4.79 Å². The molecule has 0 radical (unpaired) electrons. The number of carbonyl (C=O) groups excluding carboxylic acids is 1. The first-order chi connectivity index (χ1) is 14.0. The normalized spacial score (nSPS) is 18.7. The second-order valence-electron chi connectivity index (χ2n) is 7.53. The molecule has 152 valence electrons. The predicted molar refractivity (Wildman–Crippen MR) is 122 cm³/mol. The summed E-state index contributed by atoms with van der Waals surface area (Å²) in [5, 5.41) is 11.2. The molecule has 1 aromatic heterocycles. The number of amides is 1. The van der Waals surface area contributed by atoms with E-state index in [9.17, 15) is 4.79 Å². The molecule has 0 saturated carbocycles. The molecule has 6 nitrogen and oxygen atoms in total. The Hall–Kier alpha value is -1.74. The lowest BCUT2D eigenvalue weighted by atomic mass is 10.1. The second-order valence-corrected chi connectivity index (χ2v) is 9.24. The second kappa shape index (κ2) is 8.95. The van der Waals surface area contributed by atoms with Gasteiger partial charge in [0.1, 0.15) is 0 Å². The molecule has 4 rings (SSSR count). The molecule has 1 saturated heterocycles. The van der Waals surface area contributed by atoms with Gasteiger partial charge in [-0.2, -0.15) is 5.10 Å². The van der Waals surface area contributed by atoms with E-state index in [1.54, 1.807) is 0 Å². The fraction of sp³-hybridized carbons (Fsp3) is 0.333. The van der Waals surface area contributed by atoms with E-state index >= 15 is 0 Å². The van der Waals surface area contributed by atoms with Crippen LogP contribution >= 0.6 is 31.9 Å². The highest BCUT2D eigenvalue weighted by atomic mass is 79.9. The lowest BCUT2D eigenvalue weighted by Crippen LogP contribution is -2.46. The number of aromatic nitrogens is 2. The quantitative estimate of drug-likeness (QED) is 0.551. The number of likely N-dealkylation sites (N-methyl/N-ethyl adjacent to an activating group) is 1. The molecule has 2 aromatic carbocycles. The summed E-state index contributed by atoms with van der Waals surface area (Å²) >= 11 is 7.11. The van der Waals surface area contributed by atoms with Gasteiger partial charge in [-0.15, -0.1) is 0 Å². The minimum Gasteiger partial charge on any atom is -0.345 e. The maximum Gasteiger partial charge on any atom is 0.272 e. The van der Waals surface area contributed by atoms with E-state index in [0.29, 0.717) is 5.69 Å². The molecule has 2 heterocycles. The molecule has 0 bridgehead atoms. The first-order valence-corrected chi connectivity index (χ1v) is 11.2. The van der Waals surface area contributed by atoms with Gasteiger partial charge in [0, 0.05) is 47.1 Å². The average molecular weight is 521 g/mol. The molecule has 0 spiro atoms. The summed E-state index contributed by atoms with van der Waals surface area (Å²) in [6, 6.07) is 14.1. The topological polar surface area (TPSA) is 64.3 Å². The van der Waals surface area contributed by atoms with Gasteiger partial charge in [0.15, 0.2) is 5.69 Å². The van der Waals surface area contributed by atoms with Crippen LogP contribution in [0.3, 0.4) is 0 Å². The van der Waals surface area contributed by atoms with Crippen molar-refractivity contribution >= 4 is 48.7 Å². The lowest BCUT2D eigenvalue weighted by Gasteiger charge is -2.24. The van der Waals surface area contributed by atoms with Crippen LogP contribution in [0.1, 0.15) is 16.1 Å². The van der Waals surface area contributed by atoms with Gasteiger partial charge in [0.25, 0.3) is 5.91 Å². The van der Waals surface area contributed by atoms with Crippen molar-refractivity contribution in [2.75, 3.05) is 33.2 Å². The van der Waals surface area contributed by atoms with Crippen molar-refractivity contribution in [3.05, 3.63) is 62.7 Å². The number of halogens is 2. The number of rotatable bonds is 4. The standard InChI is InChI=1S/C21H23Br2N5O/c1-27-8-9-28(11-14-6-7-17(22)18(23)10-14)13-15(12-27)24-21(29)20-16-4-2-3-5-19(16)25-26-20/h2-7,10,15H,8-9,11-13H2,1H3,(H,24,29)(H,25,26). The van der Waals surface area contributed by atoms with E-state index < -0.39 is 0 Å². The van der Waals surface area contributed by atoms with Gasteiger partial charge in [-0.25, -0.2) is 0 Å². The van der Waals surface area contributed by atoms with Crippen LogP contribution in [0.5, 0.6) is 0 Å². The van der Waals surface area contributed by atoms with Crippen molar-refractivity contribution in [3.63, 3.8) is 0 Å². The molecular formula is C21H23Br2N5O. The summed E-state index contributed by atoms with van der Waals surface area (Å²) < 4.78 is 2.10. The van der Waals surface area contributed by atoms with Crippen molar-refractivity contribution in [2.24, 2.45) is 0 Å². The molecule has 3 aromatic rings. The van der Waals surface area contributed by atoms with Crippen molar-refractivity contribution in [3.8, 4) is 0 Å². The Morgan fingerprint density at radius 1 is 1.17 bits per heavy atom. The van der Waals surface area contributed by atoms with E-state index in [1.165, 1.54) is 5.56 Å². The number of benzene rings is 2. The molecule has 29 heavy (non-hydrogen) atoms. The van der Waals surface area contributed by atoms with Crippen LogP contribution in [0.2, 0.25) is 0 Å². The summed E-state index contributed by atoms with van der Waals surface area (Å²) in [6.07, 6.45) is 0. The number of carbonyl (C=O) groups is 1. The highest BCUT2D eigenvalue weighted by Crippen LogP contribution is 2.24. The van der Waals surface area contributed by atoms with Gasteiger partial charge in [0.05, 0.1) is 11.6 Å². The molecule has 1 unspecified atom stereocenters. The number of hydrogen-bond acceptors (Lipinski definition) is 4. The number of para-hydroxylation sites is 1. The largest absolute Gasteiger partial charge is 0.345 e. The zero-order valence-corrected chi connectivity index (χ0v) is 19.3. The third-order valence-corrected chi connectivity index (χ3v) is 7.10. The summed E-state index contributed by atoms with van der Waals surface area (Å²) in [4.78, 5) is 17.6. The molecule has 1 amide bonds. The molecule has 1 aliphatic heterocycles. The van der Waals surface area contributed by atoms with Crippen molar-refractivity contribution in [1.29, 1.82) is 0 Å². The van der Waals surface area contributed by atoms with Gasteiger partial charge in [-0.3, -0.25) is 14.8 Å². The first kappa shape index (κ1) is 20.5. The molecule has 2 N–H and O–H groups in total. The van der Waals surface area contributed by atoms with Crippen LogP contribution in [-0.2, 0) is 6.54 Å². The van der Waals surface area contributed by atoms with Gasteiger partial charge in [-0.05, 0) is 62.7 Å². The van der Waals surface area contributed by atoms with Crippen LogP contribution in [0, 0.1) is 0 Å². The molecule has 0 aliphatic carbocycles. The Morgan fingerprint density at radius 3 is 2.83 bits per heavy atom. The van der Waals surface area contributed by atoms with Crippen LogP contribution in [-0.4, -0.2) is 65.2 Å². The highest BCUT2D eigenvalue weighted by Gasteiger charge is 2.24. The number of aromatic amines is 1. The number of H-pyrrole nitrogens is 1. The maximum atomic E-state index is 12.9. The summed E-state index contributed by atoms with van der Waals surface area (Å²) in [7, 11) is 2.10. The van der Waals surface area contributed by atoms with Gasteiger partial charge in [0.2, 0.25) is 0 Å². The molecule has 1 fully saturated rings. The lowest BCUT2D eigenvalue weighted by molar-refractivity contribution is 0.0920. The summed E-state index contributed by atoms with van der Waals surface area (Å²) in [6.45, 7) is 4.38. The predicted octanol–water partition coefficient (Wildman–Crippen LogP) is 3.63. The van der Waals surface area contributed by atoms with E-state index in [2.05, 4.69) is 82.4 Å². The van der Waals surface area contributed by atoms with Crippen molar-refractivity contribution in [1.82, 2.24) is 25.3 Å². The van der Waals surface area contributed by atoms with Crippen molar-refractivity contribution in [2.45, 2.75) is 12.6 Å². The van der Waals surface area contributed by atoms with Crippen LogP contribution in [0.25, 0.3) is 10.9 Å². The van der Waals surface area contributed by atoms with E-state index in [1.807, 2.05) is 24.3 Å². The SMILES string of the molecule is CN1CCN(Cc2ccc(Br)c(Br)c2)CC(NC(=O)c2n[nH]c3ccccc23)C1. The Kier molecular flexibility index (Phi) is 6.34. The van der Waals surface area contributed by atoms with E-state index in [-0.39, 0.29) is 11.9 Å². The third kappa shape index (κ3) is 4.88. The van der Waals surface area contributed by atoms with Crippen LogP contribution < -0.4 is 5.32 Å². The zero-order chi connectivity index (χ0) is 20.4. The molecule has 1 atom stereocenters. The van der Waals surface area contributed by atoms with E-state index in [0.717, 1.165) is 52.6 Å². The number of hydrogen-bond donors (Lipinski definition) is 2. The minimum absolute atomic E-state index is 0.0318. The number of nitrogens with one attached hydrogen (secondary N) is 2. The number of fused-ring (bicyclic) bond motifs is 1.